The van der Waals surface area contributed by atoms with E-state index in [1.54, 1.807) is 13.4 Å². The van der Waals surface area contributed by atoms with Gasteiger partial charge in [0.15, 0.2) is 0 Å². The summed E-state index contributed by atoms with van der Waals surface area (Å²) in [5.41, 5.74) is 3.11. The summed E-state index contributed by atoms with van der Waals surface area (Å²) >= 11 is 0. The molecule has 1 heterocycles. The van der Waals surface area contributed by atoms with Crippen molar-refractivity contribution in [3.8, 4) is 5.75 Å². The van der Waals surface area contributed by atoms with Crippen LogP contribution in [0.15, 0.2) is 18.5 Å². The smallest absolute Gasteiger partial charge is 0.145 e. The van der Waals surface area contributed by atoms with E-state index >= 15 is 0 Å². The van der Waals surface area contributed by atoms with Crippen LogP contribution in [0.1, 0.15) is 32.0 Å². The first-order chi connectivity index (χ1) is 7.93. The summed E-state index contributed by atoms with van der Waals surface area (Å²) in [6.07, 6.45) is 1.61. The normalized spacial score (nSPS) is 11.8. The summed E-state index contributed by atoms with van der Waals surface area (Å²) in [5, 5.41) is 1.08. The Bertz CT molecular complexity index is 556. The molecule has 0 atom stereocenters. The van der Waals surface area contributed by atoms with Crippen molar-refractivity contribution in [3.05, 3.63) is 29.7 Å². The second-order valence-electron chi connectivity index (χ2n) is 5.34. The first-order valence-electron chi connectivity index (χ1n) is 5.73. The number of nitrogens with zero attached hydrogens (tertiary/aromatic N) is 2. The zero-order valence-electron chi connectivity index (χ0n) is 11.0. The fraction of sp³-hybridized carbons (Fsp3) is 0.429. The van der Waals surface area contributed by atoms with Crippen molar-refractivity contribution >= 4 is 10.9 Å². The average Bonchev–Trinajstić information content (AvgIpc) is 2.25. The lowest BCUT2D eigenvalue weighted by Gasteiger charge is -2.20. The molecule has 0 saturated carbocycles. The summed E-state index contributed by atoms with van der Waals surface area (Å²) in [5.74, 6) is 0.813. The maximum Gasteiger partial charge on any atom is 0.145 e. The number of aromatic nitrogens is 2. The highest BCUT2D eigenvalue weighted by Crippen LogP contribution is 2.32. The molecule has 3 nitrogen and oxygen atoms in total. The van der Waals surface area contributed by atoms with Gasteiger partial charge in [0.25, 0.3) is 0 Å². The van der Waals surface area contributed by atoms with Crippen LogP contribution in [0, 0.1) is 6.92 Å². The molecule has 0 aliphatic carbocycles. The molecule has 0 unspecified atom stereocenters. The molecular formula is C14H18N2O. The lowest BCUT2D eigenvalue weighted by Crippen LogP contribution is -2.14. The molecule has 17 heavy (non-hydrogen) atoms. The van der Waals surface area contributed by atoms with E-state index in [-0.39, 0.29) is 5.41 Å². The Morgan fingerprint density at radius 3 is 2.41 bits per heavy atom. The van der Waals surface area contributed by atoms with Crippen molar-refractivity contribution in [2.75, 3.05) is 7.11 Å². The molecule has 0 radical (unpaired) electrons. The molecule has 90 valence electrons. The maximum atomic E-state index is 5.39. The van der Waals surface area contributed by atoms with Gasteiger partial charge in [0.2, 0.25) is 0 Å². The Hall–Kier alpha value is -1.64. The van der Waals surface area contributed by atoms with Crippen LogP contribution in [-0.2, 0) is 5.41 Å². The van der Waals surface area contributed by atoms with Crippen LogP contribution in [0.4, 0.5) is 0 Å². The second-order valence-corrected chi connectivity index (χ2v) is 5.34. The predicted octanol–water partition coefficient (Wildman–Crippen LogP) is 3.24. The van der Waals surface area contributed by atoms with Crippen LogP contribution in [-0.4, -0.2) is 17.1 Å². The number of aryl methyl sites for hydroxylation is 1. The van der Waals surface area contributed by atoms with E-state index in [4.69, 9.17) is 4.74 Å². The van der Waals surface area contributed by atoms with Crippen LogP contribution < -0.4 is 4.74 Å². The minimum absolute atomic E-state index is 0.00000520. The zero-order chi connectivity index (χ0) is 12.6. The quantitative estimate of drug-likeness (QED) is 0.754. The van der Waals surface area contributed by atoms with Crippen LogP contribution in [0.5, 0.6) is 5.75 Å². The first kappa shape index (κ1) is 11.8. The van der Waals surface area contributed by atoms with Crippen molar-refractivity contribution < 1.29 is 4.74 Å². The van der Waals surface area contributed by atoms with E-state index in [0.29, 0.717) is 0 Å². The number of ether oxygens (including phenoxy) is 1. The largest absolute Gasteiger partial charge is 0.494 e. The minimum Gasteiger partial charge on any atom is -0.494 e. The van der Waals surface area contributed by atoms with Gasteiger partial charge in [-0.15, -0.1) is 0 Å². The molecular weight excluding hydrogens is 212 g/mol. The fourth-order valence-corrected chi connectivity index (χ4v) is 2.03. The van der Waals surface area contributed by atoms with Crippen LogP contribution in [0.2, 0.25) is 0 Å². The van der Waals surface area contributed by atoms with E-state index in [9.17, 15) is 0 Å². The molecule has 0 N–H and O–H groups in total. The number of hydrogen-bond acceptors (Lipinski definition) is 3. The van der Waals surface area contributed by atoms with Gasteiger partial charge in [-0.05, 0) is 24.6 Å². The number of hydrogen-bond donors (Lipinski definition) is 0. The lowest BCUT2D eigenvalue weighted by molar-refractivity contribution is 0.418. The van der Waals surface area contributed by atoms with Gasteiger partial charge in [-0.1, -0.05) is 20.8 Å². The molecule has 0 bridgehead atoms. The van der Waals surface area contributed by atoms with Gasteiger partial charge < -0.3 is 4.74 Å². The second kappa shape index (κ2) is 3.99. The third-order valence-electron chi connectivity index (χ3n) is 2.78. The predicted molar refractivity (Wildman–Crippen MR) is 69.5 cm³/mol. The van der Waals surface area contributed by atoms with Crippen molar-refractivity contribution in [1.29, 1.82) is 0 Å². The molecule has 2 aromatic rings. The molecule has 2 rings (SSSR count). The Kier molecular flexibility index (Phi) is 2.77. The summed E-state index contributed by atoms with van der Waals surface area (Å²) in [6, 6.07) is 4.13. The maximum absolute atomic E-state index is 5.39. The summed E-state index contributed by atoms with van der Waals surface area (Å²) in [6.45, 7) is 8.53. The Morgan fingerprint density at radius 2 is 1.82 bits per heavy atom. The molecule has 0 spiro atoms. The lowest BCUT2D eigenvalue weighted by atomic mass is 9.88. The highest BCUT2D eigenvalue weighted by molar-refractivity contribution is 5.87. The van der Waals surface area contributed by atoms with Crippen molar-refractivity contribution in [2.24, 2.45) is 0 Å². The monoisotopic (exact) mass is 230 g/mol. The van der Waals surface area contributed by atoms with E-state index in [1.807, 2.05) is 6.07 Å². The van der Waals surface area contributed by atoms with E-state index < -0.39 is 0 Å². The Balaban J connectivity index is 2.85. The van der Waals surface area contributed by atoms with Gasteiger partial charge in [0.1, 0.15) is 17.6 Å². The number of benzene rings is 1. The van der Waals surface area contributed by atoms with Gasteiger partial charge >= 0.3 is 0 Å². The highest BCUT2D eigenvalue weighted by Gasteiger charge is 2.20. The minimum atomic E-state index is -0.00000520. The third-order valence-corrected chi connectivity index (χ3v) is 2.78. The number of fused-ring (bicyclic) bond motifs is 1. The standard InChI is InChI=1S/C14H18N2O/c1-9-6-10-12(11(7-9)17-5)15-8-16-13(10)14(2,3)4/h6-8H,1-5H3. The van der Waals surface area contributed by atoms with Crippen LogP contribution in [0.25, 0.3) is 10.9 Å². The third kappa shape index (κ3) is 2.09. The SMILES string of the molecule is COc1cc(C)cc2c(C(C)(C)C)ncnc12. The average molecular weight is 230 g/mol. The van der Waals surface area contributed by atoms with Crippen LogP contribution >= 0.6 is 0 Å². The summed E-state index contributed by atoms with van der Waals surface area (Å²) < 4.78 is 5.39. The molecule has 1 aromatic heterocycles. The van der Waals surface area contributed by atoms with Gasteiger partial charge in [-0.2, -0.15) is 0 Å². The van der Waals surface area contributed by atoms with Crippen molar-refractivity contribution in [3.63, 3.8) is 0 Å². The Morgan fingerprint density at radius 1 is 1.12 bits per heavy atom. The van der Waals surface area contributed by atoms with Gasteiger partial charge in [-0.25, -0.2) is 9.97 Å². The van der Waals surface area contributed by atoms with Crippen molar-refractivity contribution in [2.45, 2.75) is 33.1 Å². The first-order valence-corrected chi connectivity index (χ1v) is 5.73. The molecule has 0 saturated heterocycles. The fourth-order valence-electron chi connectivity index (χ4n) is 2.03. The topological polar surface area (TPSA) is 35.0 Å². The van der Waals surface area contributed by atoms with Gasteiger partial charge in [-0.3, -0.25) is 0 Å². The van der Waals surface area contributed by atoms with Gasteiger partial charge in [0.05, 0.1) is 12.8 Å². The Labute approximate surface area is 102 Å². The molecule has 1 aromatic carbocycles. The molecule has 0 aliphatic rings. The van der Waals surface area contributed by atoms with E-state index in [2.05, 4.69) is 43.7 Å². The highest BCUT2D eigenvalue weighted by atomic mass is 16.5. The summed E-state index contributed by atoms with van der Waals surface area (Å²) in [7, 11) is 1.67. The van der Waals surface area contributed by atoms with Gasteiger partial charge in [0, 0.05) is 10.8 Å². The molecule has 0 fully saturated rings. The van der Waals surface area contributed by atoms with Crippen LogP contribution in [0.3, 0.4) is 0 Å². The molecule has 0 aliphatic heterocycles. The zero-order valence-corrected chi connectivity index (χ0v) is 11.0. The summed E-state index contributed by atoms with van der Waals surface area (Å²) in [4.78, 5) is 8.76. The molecule has 3 heteroatoms. The van der Waals surface area contributed by atoms with Crippen molar-refractivity contribution in [1.82, 2.24) is 9.97 Å². The van der Waals surface area contributed by atoms with E-state index in [1.165, 1.54) is 0 Å². The molecule has 0 amide bonds. The number of rotatable bonds is 1. The number of methoxy groups -OCH3 is 1. The van der Waals surface area contributed by atoms with E-state index in [0.717, 1.165) is 27.9 Å².